The van der Waals surface area contributed by atoms with Gasteiger partial charge in [-0.3, -0.25) is 4.72 Å². The maximum absolute atomic E-state index is 13.2. The van der Waals surface area contributed by atoms with E-state index in [0.29, 0.717) is 5.75 Å². The SMILES string of the molecule is CCOc1ccc(S(=O)(=O)N(CC)CC)cc1NS(=O)(=O)c1cc(OC)ccc1OC. The Morgan fingerprint density at radius 1 is 0.871 bits per heavy atom. The smallest absolute Gasteiger partial charge is 0.265 e. The molecule has 2 aromatic rings. The molecule has 31 heavy (non-hydrogen) atoms. The van der Waals surface area contributed by atoms with Gasteiger partial charge in [-0.05, 0) is 37.3 Å². The van der Waals surface area contributed by atoms with Gasteiger partial charge in [-0.15, -0.1) is 0 Å². The van der Waals surface area contributed by atoms with Gasteiger partial charge in [-0.1, -0.05) is 13.8 Å². The third-order valence-electron chi connectivity index (χ3n) is 4.50. The highest BCUT2D eigenvalue weighted by molar-refractivity contribution is 7.93. The zero-order valence-corrected chi connectivity index (χ0v) is 19.8. The molecule has 0 aromatic heterocycles. The van der Waals surface area contributed by atoms with Crippen molar-refractivity contribution < 1.29 is 31.0 Å². The second-order valence-corrected chi connectivity index (χ2v) is 9.89. The van der Waals surface area contributed by atoms with Crippen molar-refractivity contribution in [1.82, 2.24) is 4.31 Å². The first-order chi connectivity index (χ1) is 14.6. The topological polar surface area (TPSA) is 111 Å². The predicted octanol–water partition coefficient (Wildman–Crippen LogP) is 2.93. The number of hydrogen-bond acceptors (Lipinski definition) is 7. The van der Waals surface area contributed by atoms with Crippen LogP contribution in [0.2, 0.25) is 0 Å². The van der Waals surface area contributed by atoms with Crippen LogP contribution in [-0.4, -0.2) is 55.1 Å². The van der Waals surface area contributed by atoms with Crippen molar-refractivity contribution in [3.8, 4) is 17.2 Å². The van der Waals surface area contributed by atoms with Crippen molar-refractivity contribution in [2.75, 3.05) is 38.6 Å². The maximum Gasteiger partial charge on any atom is 0.265 e. The van der Waals surface area contributed by atoms with Crippen LogP contribution < -0.4 is 18.9 Å². The zero-order chi connectivity index (χ0) is 23.2. The van der Waals surface area contributed by atoms with Gasteiger partial charge in [-0.2, -0.15) is 4.31 Å². The molecule has 0 fully saturated rings. The third kappa shape index (κ3) is 5.41. The van der Waals surface area contributed by atoms with Crippen LogP contribution in [0.5, 0.6) is 17.2 Å². The molecular weight excluding hydrogens is 444 g/mol. The van der Waals surface area contributed by atoms with Gasteiger partial charge in [0.15, 0.2) is 0 Å². The van der Waals surface area contributed by atoms with Crippen molar-refractivity contribution in [2.24, 2.45) is 0 Å². The summed E-state index contributed by atoms with van der Waals surface area (Å²) in [5, 5.41) is 0. The van der Waals surface area contributed by atoms with Crippen molar-refractivity contribution in [3.05, 3.63) is 36.4 Å². The zero-order valence-electron chi connectivity index (χ0n) is 18.2. The van der Waals surface area contributed by atoms with Crippen LogP contribution in [0.4, 0.5) is 5.69 Å². The second-order valence-electron chi connectivity index (χ2n) is 6.30. The Morgan fingerprint density at radius 2 is 1.52 bits per heavy atom. The fourth-order valence-corrected chi connectivity index (χ4v) is 5.67. The Bertz CT molecular complexity index is 1110. The van der Waals surface area contributed by atoms with Crippen LogP contribution in [0, 0.1) is 0 Å². The van der Waals surface area contributed by atoms with Crippen LogP contribution in [-0.2, 0) is 20.0 Å². The molecule has 0 aliphatic rings. The van der Waals surface area contributed by atoms with Crippen molar-refractivity contribution in [2.45, 2.75) is 30.6 Å². The van der Waals surface area contributed by atoms with E-state index in [2.05, 4.69) is 4.72 Å². The molecule has 0 saturated heterocycles. The summed E-state index contributed by atoms with van der Waals surface area (Å²) in [6, 6.07) is 8.43. The van der Waals surface area contributed by atoms with Gasteiger partial charge in [0.05, 0.1) is 31.4 Å². The third-order valence-corrected chi connectivity index (χ3v) is 7.93. The van der Waals surface area contributed by atoms with E-state index in [-0.39, 0.29) is 46.7 Å². The fourth-order valence-electron chi connectivity index (χ4n) is 2.94. The molecule has 0 spiro atoms. The number of ether oxygens (including phenoxy) is 3. The largest absolute Gasteiger partial charge is 0.497 e. The number of nitrogens with zero attached hydrogens (tertiary/aromatic N) is 1. The van der Waals surface area contributed by atoms with E-state index in [1.807, 2.05) is 0 Å². The number of nitrogens with one attached hydrogen (secondary N) is 1. The lowest BCUT2D eigenvalue weighted by Gasteiger charge is -2.20. The normalized spacial score (nSPS) is 11.9. The molecule has 9 nitrogen and oxygen atoms in total. The number of rotatable bonds is 11. The lowest BCUT2D eigenvalue weighted by molar-refractivity contribution is 0.341. The predicted molar refractivity (Wildman–Crippen MR) is 118 cm³/mol. The van der Waals surface area contributed by atoms with Gasteiger partial charge in [-0.25, -0.2) is 16.8 Å². The number of methoxy groups -OCH3 is 2. The molecule has 172 valence electrons. The average Bonchev–Trinajstić information content (AvgIpc) is 2.75. The Kier molecular flexibility index (Phi) is 8.15. The van der Waals surface area contributed by atoms with E-state index in [0.717, 1.165) is 0 Å². The quantitative estimate of drug-likeness (QED) is 0.535. The Hall–Kier alpha value is -2.50. The highest BCUT2D eigenvalue weighted by Crippen LogP contribution is 2.34. The van der Waals surface area contributed by atoms with Crippen LogP contribution in [0.3, 0.4) is 0 Å². The lowest BCUT2D eigenvalue weighted by atomic mass is 10.3. The maximum atomic E-state index is 13.2. The summed E-state index contributed by atoms with van der Waals surface area (Å²) in [4.78, 5) is -0.205. The molecule has 0 saturated carbocycles. The average molecular weight is 473 g/mol. The van der Waals surface area contributed by atoms with E-state index < -0.39 is 20.0 Å². The molecule has 0 heterocycles. The van der Waals surface area contributed by atoms with Crippen LogP contribution >= 0.6 is 0 Å². The van der Waals surface area contributed by atoms with E-state index >= 15 is 0 Å². The molecule has 0 radical (unpaired) electrons. The molecule has 1 N–H and O–H groups in total. The van der Waals surface area contributed by atoms with Crippen molar-refractivity contribution in [3.63, 3.8) is 0 Å². The molecule has 0 unspecified atom stereocenters. The summed E-state index contributed by atoms with van der Waals surface area (Å²) in [6.45, 7) is 6.04. The van der Waals surface area contributed by atoms with Gasteiger partial charge in [0.1, 0.15) is 22.1 Å². The Labute approximate surface area is 184 Å². The van der Waals surface area contributed by atoms with Crippen LogP contribution in [0.15, 0.2) is 46.2 Å². The summed E-state index contributed by atoms with van der Waals surface area (Å²) in [5.41, 5.74) is -0.0000425. The van der Waals surface area contributed by atoms with E-state index in [9.17, 15) is 16.8 Å². The monoisotopic (exact) mass is 472 g/mol. The molecule has 0 aliphatic heterocycles. The Balaban J connectivity index is 2.59. The van der Waals surface area contributed by atoms with Crippen molar-refractivity contribution in [1.29, 1.82) is 0 Å². The fraction of sp³-hybridized carbons (Fsp3) is 0.400. The number of hydrogen-bond donors (Lipinski definition) is 1. The van der Waals surface area contributed by atoms with Crippen LogP contribution in [0.25, 0.3) is 0 Å². The molecule has 2 aromatic carbocycles. The Morgan fingerprint density at radius 3 is 2.06 bits per heavy atom. The number of anilines is 1. The highest BCUT2D eigenvalue weighted by Gasteiger charge is 2.26. The van der Waals surface area contributed by atoms with Gasteiger partial charge < -0.3 is 14.2 Å². The molecule has 0 atom stereocenters. The summed E-state index contributed by atoms with van der Waals surface area (Å²) in [7, 11) is -5.20. The minimum absolute atomic E-state index is 0.0000425. The van der Waals surface area contributed by atoms with Crippen molar-refractivity contribution >= 4 is 25.7 Å². The molecule has 0 amide bonds. The van der Waals surface area contributed by atoms with Gasteiger partial charge in [0, 0.05) is 19.2 Å². The summed E-state index contributed by atoms with van der Waals surface area (Å²) < 4.78 is 71.6. The first-order valence-corrected chi connectivity index (χ1v) is 12.6. The van der Waals surface area contributed by atoms with E-state index in [1.165, 1.54) is 48.9 Å². The summed E-state index contributed by atoms with van der Waals surface area (Å²) >= 11 is 0. The standard InChI is InChI=1S/C20H28N2O7S2/c1-6-22(7-2)31(25,26)16-10-12-18(29-8-3)17(14-16)21-30(23,24)20-13-15(27-4)9-11-19(20)28-5/h9-14,21H,6-8H2,1-5H3. The number of benzene rings is 2. The first-order valence-electron chi connectivity index (χ1n) is 9.66. The first kappa shape index (κ1) is 24.8. The molecule has 11 heteroatoms. The van der Waals surface area contributed by atoms with Gasteiger partial charge in [0.25, 0.3) is 10.0 Å². The minimum atomic E-state index is -4.17. The lowest BCUT2D eigenvalue weighted by Crippen LogP contribution is -2.30. The molecular formula is C20H28N2O7S2. The molecule has 2 rings (SSSR count). The molecule has 0 bridgehead atoms. The minimum Gasteiger partial charge on any atom is -0.497 e. The van der Waals surface area contributed by atoms with Gasteiger partial charge in [0.2, 0.25) is 10.0 Å². The van der Waals surface area contributed by atoms with E-state index in [4.69, 9.17) is 14.2 Å². The summed E-state index contributed by atoms with van der Waals surface area (Å²) in [5.74, 6) is 0.633. The van der Waals surface area contributed by atoms with E-state index in [1.54, 1.807) is 26.8 Å². The van der Waals surface area contributed by atoms with Crippen LogP contribution in [0.1, 0.15) is 20.8 Å². The second kappa shape index (κ2) is 10.2. The van der Waals surface area contributed by atoms with Gasteiger partial charge >= 0.3 is 0 Å². The summed E-state index contributed by atoms with van der Waals surface area (Å²) in [6.07, 6.45) is 0. The molecule has 0 aliphatic carbocycles. The number of sulfonamides is 2. The highest BCUT2D eigenvalue weighted by atomic mass is 32.2.